The number of benzene rings is 1. The summed E-state index contributed by atoms with van der Waals surface area (Å²) >= 11 is 0. The topological polar surface area (TPSA) is 62.2 Å². The van der Waals surface area contributed by atoms with Gasteiger partial charge in [-0.2, -0.15) is 0 Å². The zero-order valence-corrected chi connectivity index (χ0v) is 8.97. The van der Waals surface area contributed by atoms with E-state index in [-0.39, 0.29) is 0 Å². The average Bonchev–Trinajstić information content (AvgIpc) is 2.76. The number of carboxylic acid groups (broad SMARTS) is 1. The van der Waals surface area contributed by atoms with Gasteiger partial charge in [-0.15, -0.1) is 0 Å². The van der Waals surface area contributed by atoms with Crippen LogP contribution in [-0.2, 0) is 6.42 Å². The van der Waals surface area contributed by atoms with Crippen LogP contribution in [0, 0.1) is 0 Å². The summed E-state index contributed by atoms with van der Waals surface area (Å²) in [6.07, 6.45) is 3.61. The van der Waals surface area contributed by atoms with Crippen LogP contribution in [-0.4, -0.2) is 16.2 Å². The molecule has 2 N–H and O–H groups in total. The molecule has 1 aliphatic carbocycles. The Morgan fingerprint density at radius 3 is 3.00 bits per heavy atom. The number of hydrogen-bond acceptors (Lipinski definition) is 2. The predicted octanol–water partition coefficient (Wildman–Crippen LogP) is 2.89. The lowest BCUT2D eigenvalue weighted by molar-refractivity contribution is 0.210. The number of nitrogens with zero attached hydrogens (tertiary/aromatic N) is 1. The molecule has 0 fully saturated rings. The van der Waals surface area contributed by atoms with Crippen molar-refractivity contribution in [1.82, 2.24) is 4.98 Å². The van der Waals surface area contributed by atoms with E-state index in [1.54, 1.807) is 0 Å². The molecule has 0 saturated carbocycles. The van der Waals surface area contributed by atoms with Gasteiger partial charge in [0.05, 0.1) is 16.9 Å². The highest BCUT2D eigenvalue weighted by molar-refractivity contribution is 6.02. The van der Waals surface area contributed by atoms with Crippen molar-refractivity contribution in [3.8, 4) is 0 Å². The molecular weight excluding hydrogens is 216 g/mol. The third kappa shape index (κ3) is 1.54. The van der Waals surface area contributed by atoms with Gasteiger partial charge in [-0.3, -0.25) is 10.3 Å². The van der Waals surface area contributed by atoms with Crippen molar-refractivity contribution in [2.45, 2.75) is 6.42 Å². The molecule has 0 atom stereocenters. The minimum atomic E-state index is -1.05. The van der Waals surface area contributed by atoms with Crippen LogP contribution in [0.4, 0.5) is 10.5 Å². The van der Waals surface area contributed by atoms with Crippen molar-refractivity contribution in [2.24, 2.45) is 0 Å². The van der Waals surface area contributed by atoms with Gasteiger partial charge in [0.15, 0.2) is 0 Å². The lowest BCUT2D eigenvalue weighted by Gasteiger charge is -2.11. The second-order valence-electron chi connectivity index (χ2n) is 3.90. The smallest absolute Gasteiger partial charge is 0.409 e. The van der Waals surface area contributed by atoms with E-state index in [9.17, 15) is 4.79 Å². The Labute approximate surface area is 97.6 Å². The molecule has 1 aromatic carbocycles. The zero-order chi connectivity index (χ0) is 11.8. The molecule has 17 heavy (non-hydrogen) atoms. The van der Waals surface area contributed by atoms with Gasteiger partial charge >= 0.3 is 6.09 Å². The van der Waals surface area contributed by atoms with Gasteiger partial charge in [0.25, 0.3) is 0 Å². The monoisotopic (exact) mass is 226 g/mol. The maximum absolute atomic E-state index is 10.9. The Hall–Kier alpha value is -2.36. The first-order valence-corrected chi connectivity index (χ1v) is 5.34. The van der Waals surface area contributed by atoms with Crippen molar-refractivity contribution in [3.05, 3.63) is 41.6 Å². The Morgan fingerprint density at radius 2 is 2.18 bits per heavy atom. The Kier molecular flexibility index (Phi) is 2.08. The lowest BCUT2D eigenvalue weighted by atomic mass is 10.1. The standard InChI is InChI=1S/C13H10N2O2/c16-13(17)15-12-8-4-1-2-6-10(8)14-11-7-3-5-9(11)12/h1-6H,7H2,(H,14,15)(H,16,17). The van der Waals surface area contributed by atoms with E-state index in [2.05, 4.69) is 10.3 Å². The summed E-state index contributed by atoms with van der Waals surface area (Å²) in [5.74, 6) is 0. The minimum Gasteiger partial charge on any atom is -0.465 e. The number of rotatable bonds is 1. The number of anilines is 1. The van der Waals surface area contributed by atoms with Crippen LogP contribution in [0.2, 0.25) is 0 Å². The van der Waals surface area contributed by atoms with E-state index in [4.69, 9.17) is 5.11 Å². The average molecular weight is 226 g/mol. The fourth-order valence-electron chi connectivity index (χ4n) is 2.14. The van der Waals surface area contributed by atoms with Crippen molar-refractivity contribution in [2.75, 3.05) is 5.32 Å². The van der Waals surface area contributed by atoms with E-state index in [1.807, 2.05) is 36.4 Å². The maximum Gasteiger partial charge on any atom is 0.409 e. The van der Waals surface area contributed by atoms with Crippen LogP contribution in [0.15, 0.2) is 30.3 Å². The molecule has 1 aliphatic rings. The number of allylic oxidation sites excluding steroid dienone is 1. The molecule has 1 amide bonds. The molecule has 84 valence electrons. The summed E-state index contributed by atoms with van der Waals surface area (Å²) in [4.78, 5) is 15.4. The Balaban J connectivity index is 2.34. The van der Waals surface area contributed by atoms with Gasteiger partial charge in [-0.25, -0.2) is 4.79 Å². The normalized spacial score (nSPS) is 12.7. The molecule has 2 aromatic rings. The highest BCUT2D eigenvalue weighted by Gasteiger charge is 2.16. The molecule has 3 rings (SSSR count). The van der Waals surface area contributed by atoms with Gasteiger partial charge in [-0.1, -0.05) is 30.4 Å². The van der Waals surface area contributed by atoms with Crippen LogP contribution in [0.3, 0.4) is 0 Å². The van der Waals surface area contributed by atoms with Crippen LogP contribution < -0.4 is 5.32 Å². The fourth-order valence-corrected chi connectivity index (χ4v) is 2.14. The molecule has 0 unspecified atom stereocenters. The molecule has 4 heteroatoms. The Morgan fingerprint density at radius 1 is 1.35 bits per heavy atom. The fraction of sp³-hybridized carbons (Fsp3) is 0.0769. The molecule has 1 aromatic heterocycles. The van der Waals surface area contributed by atoms with Crippen molar-refractivity contribution in [1.29, 1.82) is 0 Å². The van der Waals surface area contributed by atoms with Gasteiger partial charge in [0.1, 0.15) is 0 Å². The molecule has 1 heterocycles. The van der Waals surface area contributed by atoms with Crippen LogP contribution in [0.25, 0.3) is 17.0 Å². The number of amides is 1. The van der Waals surface area contributed by atoms with E-state index >= 15 is 0 Å². The van der Waals surface area contributed by atoms with Crippen molar-refractivity contribution in [3.63, 3.8) is 0 Å². The van der Waals surface area contributed by atoms with Gasteiger partial charge in [0.2, 0.25) is 0 Å². The third-order valence-corrected chi connectivity index (χ3v) is 2.84. The largest absolute Gasteiger partial charge is 0.465 e. The maximum atomic E-state index is 10.9. The number of fused-ring (bicyclic) bond motifs is 2. The molecule has 4 nitrogen and oxygen atoms in total. The van der Waals surface area contributed by atoms with Gasteiger partial charge < -0.3 is 5.11 Å². The number of pyridine rings is 1. The van der Waals surface area contributed by atoms with Gasteiger partial charge in [-0.05, 0) is 6.07 Å². The minimum absolute atomic E-state index is 0.631. The summed E-state index contributed by atoms with van der Waals surface area (Å²) in [5.41, 5.74) is 3.25. The van der Waals surface area contributed by atoms with Crippen LogP contribution >= 0.6 is 0 Å². The number of carbonyl (C=O) groups is 1. The second kappa shape index (κ2) is 3.59. The summed E-state index contributed by atoms with van der Waals surface area (Å²) in [7, 11) is 0. The zero-order valence-electron chi connectivity index (χ0n) is 8.97. The lowest BCUT2D eigenvalue weighted by Crippen LogP contribution is -2.10. The Bertz CT molecular complexity index is 647. The highest BCUT2D eigenvalue weighted by Crippen LogP contribution is 2.32. The van der Waals surface area contributed by atoms with Gasteiger partial charge in [0, 0.05) is 17.4 Å². The molecule has 0 bridgehead atoms. The molecular formula is C13H10N2O2. The quantitative estimate of drug-likeness (QED) is 0.785. The molecule has 0 spiro atoms. The number of para-hydroxylation sites is 1. The first-order valence-electron chi connectivity index (χ1n) is 5.34. The molecule has 0 radical (unpaired) electrons. The summed E-state index contributed by atoms with van der Waals surface area (Å²) in [6, 6.07) is 7.54. The highest BCUT2D eigenvalue weighted by atomic mass is 16.4. The number of nitrogens with one attached hydrogen (secondary N) is 1. The van der Waals surface area contributed by atoms with Crippen molar-refractivity contribution < 1.29 is 9.90 Å². The first kappa shape index (κ1) is 9.84. The van der Waals surface area contributed by atoms with E-state index in [0.717, 1.165) is 28.6 Å². The van der Waals surface area contributed by atoms with E-state index in [1.165, 1.54) is 0 Å². The summed E-state index contributed by atoms with van der Waals surface area (Å²) in [5, 5.41) is 12.2. The van der Waals surface area contributed by atoms with Crippen molar-refractivity contribution >= 4 is 28.8 Å². The summed E-state index contributed by atoms with van der Waals surface area (Å²) in [6.45, 7) is 0. The first-order chi connectivity index (χ1) is 8.25. The SMILES string of the molecule is O=C(O)Nc1c2c(nc3ccccc13)CC=C2. The van der Waals surface area contributed by atoms with Crippen LogP contribution in [0.1, 0.15) is 11.3 Å². The third-order valence-electron chi connectivity index (χ3n) is 2.84. The van der Waals surface area contributed by atoms with Crippen LogP contribution in [0.5, 0.6) is 0 Å². The summed E-state index contributed by atoms with van der Waals surface area (Å²) < 4.78 is 0. The predicted molar refractivity (Wildman–Crippen MR) is 66.1 cm³/mol. The van der Waals surface area contributed by atoms with E-state index in [0.29, 0.717) is 5.69 Å². The molecule has 0 aliphatic heterocycles. The number of hydrogen-bond donors (Lipinski definition) is 2. The van der Waals surface area contributed by atoms with E-state index < -0.39 is 6.09 Å². The second-order valence-corrected chi connectivity index (χ2v) is 3.90. The number of aromatic nitrogens is 1. The molecule has 0 saturated heterocycles.